The van der Waals surface area contributed by atoms with E-state index < -0.39 is 0 Å². The molecule has 100 valence electrons. The molecule has 0 unspecified atom stereocenters. The Balaban J connectivity index is 2.33. The summed E-state index contributed by atoms with van der Waals surface area (Å²) in [4.78, 5) is 8.90. The van der Waals surface area contributed by atoms with Gasteiger partial charge in [-0.25, -0.2) is 9.97 Å². The van der Waals surface area contributed by atoms with E-state index in [0.717, 1.165) is 25.4 Å². The van der Waals surface area contributed by atoms with Crippen molar-refractivity contribution in [3.8, 4) is 11.4 Å². The van der Waals surface area contributed by atoms with Crippen LogP contribution in [-0.4, -0.2) is 9.97 Å². The van der Waals surface area contributed by atoms with Gasteiger partial charge in [-0.15, -0.1) is 0 Å². The third-order valence-electron chi connectivity index (χ3n) is 2.79. The molecule has 3 rings (SSSR count). The summed E-state index contributed by atoms with van der Waals surface area (Å²) in [5.41, 5.74) is 1.51. The van der Waals surface area contributed by atoms with Gasteiger partial charge in [-0.1, -0.05) is 51.3 Å². The van der Waals surface area contributed by atoms with Gasteiger partial charge in [0.05, 0.1) is 10.5 Å². The zero-order valence-electron chi connectivity index (χ0n) is 9.87. The highest BCUT2D eigenvalue weighted by Crippen LogP contribution is 2.34. The summed E-state index contributed by atoms with van der Waals surface area (Å²) in [5.74, 6) is 0.510. The Morgan fingerprint density at radius 2 is 1.70 bits per heavy atom. The molecule has 1 heterocycles. The van der Waals surface area contributed by atoms with Crippen LogP contribution < -0.4 is 0 Å². The number of halogens is 4. The van der Waals surface area contributed by atoms with Crippen LogP contribution in [0.2, 0.25) is 10.2 Å². The quantitative estimate of drug-likeness (QED) is 0.432. The van der Waals surface area contributed by atoms with E-state index in [-0.39, 0.29) is 0 Å². The van der Waals surface area contributed by atoms with Gasteiger partial charge in [0, 0.05) is 19.9 Å². The first kappa shape index (κ1) is 14.3. The number of hydrogen-bond acceptors (Lipinski definition) is 2. The number of fused-ring (bicyclic) bond motifs is 1. The van der Waals surface area contributed by atoms with Crippen molar-refractivity contribution < 1.29 is 0 Å². The lowest BCUT2D eigenvalue weighted by Crippen LogP contribution is -1.93. The predicted octanol–water partition coefficient (Wildman–Crippen LogP) is 6.13. The molecule has 0 aliphatic rings. The molecule has 20 heavy (non-hydrogen) atoms. The number of hydrogen-bond donors (Lipinski definition) is 0. The monoisotopic (exact) mass is 430 g/mol. The fourth-order valence-electron chi connectivity index (χ4n) is 1.88. The molecule has 0 aliphatic heterocycles. The first-order chi connectivity index (χ1) is 9.56. The van der Waals surface area contributed by atoms with E-state index in [9.17, 15) is 0 Å². The number of nitrogens with zero attached hydrogens (tertiary/aromatic N) is 2. The van der Waals surface area contributed by atoms with E-state index in [1.54, 1.807) is 6.07 Å². The lowest BCUT2D eigenvalue weighted by molar-refractivity contribution is 1.22. The van der Waals surface area contributed by atoms with Gasteiger partial charge in [0.2, 0.25) is 0 Å². The van der Waals surface area contributed by atoms with Gasteiger partial charge < -0.3 is 0 Å². The maximum absolute atomic E-state index is 6.27. The maximum Gasteiger partial charge on any atom is 0.163 e. The van der Waals surface area contributed by atoms with E-state index in [2.05, 4.69) is 41.8 Å². The summed E-state index contributed by atoms with van der Waals surface area (Å²) < 4.78 is 1.76. The van der Waals surface area contributed by atoms with Crippen LogP contribution in [0.5, 0.6) is 0 Å². The Morgan fingerprint density at radius 3 is 2.45 bits per heavy atom. The number of aromatic nitrogens is 2. The Hall–Kier alpha value is -0.680. The van der Waals surface area contributed by atoms with Crippen LogP contribution in [-0.2, 0) is 0 Å². The van der Waals surface area contributed by atoms with E-state index in [4.69, 9.17) is 23.2 Å². The third-order valence-corrected chi connectivity index (χ3v) is 4.47. The van der Waals surface area contributed by atoms with Gasteiger partial charge in [0.15, 0.2) is 5.82 Å². The lowest BCUT2D eigenvalue weighted by Gasteiger charge is -2.08. The highest BCUT2D eigenvalue weighted by Gasteiger charge is 2.13. The van der Waals surface area contributed by atoms with Crippen LogP contribution in [0.1, 0.15) is 0 Å². The molecule has 1 aromatic heterocycles. The van der Waals surface area contributed by atoms with Crippen molar-refractivity contribution in [3.05, 3.63) is 55.5 Å². The topological polar surface area (TPSA) is 25.8 Å². The minimum atomic E-state index is 0.395. The third kappa shape index (κ3) is 2.58. The van der Waals surface area contributed by atoms with Gasteiger partial charge in [-0.3, -0.25) is 0 Å². The summed E-state index contributed by atoms with van der Waals surface area (Å²) in [7, 11) is 0. The van der Waals surface area contributed by atoms with Crippen molar-refractivity contribution in [1.29, 1.82) is 0 Å². The molecule has 0 atom stereocenters. The van der Waals surface area contributed by atoms with E-state index >= 15 is 0 Å². The summed E-state index contributed by atoms with van der Waals surface area (Å²) in [6.07, 6.45) is 0. The molecule has 0 saturated heterocycles. The zero-order valence-corrected chi connectivity index (χ0v) is 14.6. The molecular weight excluding hydrogens is 427 g/mol. The predicted molar refractivity (Wildman–Crippen MR) is 90.4 cm³/mol. The Bertz CT molecular complexity index is 822. The molecule has 6 heteroatoms. The van der Waals surface area contributed by atoms with E-state index in [1.165, 1.54) is 0 Å². The molecule has 0 fully saturated rings. The fourth-order valence-corrected chi connectivity index (χ4v) is 3.64. The molecule has 3 aromatic rings. The first-order valence-electron chi connectivity index (χ1n) is 5.63. The standard InChI is InChI=1S/C14H6Br2Cl2N2/c15-7-5-9-12(10(16)6-7)19-14(20-13(9)18)8-3-1-2-4-11(8)17/h1-6H. The van der Waals surface area contributed by atoms with E-state index in [1.807, 2.05) is 30.3 Å². The van der Waals surface area contributed by atoms with Crippen LogP contribution in [0, 0.1) is 0 Å². The number of benzene rings is 2. The second-order valence-corrected chi connectivity index (χ2v) is 6.64. The van der Waals surface area contributed by atoms with Gasteiger partial charge in [0.1, 0.15) is 5.15 Å². The second-order valence-electron chi connectivity index (χ2n) is 4.10. The van der Waals surface area contributed by atoms with Crippen LogP contribution in [0.15, 0.2) is 45.3 Å². The number of rotatable bonds is 1. The smallest absolute Gasteiger partial charge is 0.163 e. The van der Waals surface area contributed by atoms with Crippen molar-refractivity contribution in [2.75, 3.05) is 0 Å². The Morgan fingerprint density at radius 1 is 0.950 bits per heavy atom. The maximum atomic E-state index is 6.27. The lowest BCUT2D eigenvalue weighted by atomic mass is 10.2. The molecule has 0 amide bonds. The van der Waals surface area contributed by atoms with Crippen LogP contribution in [0.25, 0.3) is 22.3 Å². The molecule has 0 N–H and O–H groups in total. The molecule has 0 bridgehead atoms. The average molecular weight is 433 g/mol. The van der Waals surface area contributed by atoms with Crippen molar-refractivity contribution in [2.24, 2.45) is 0 Å². The van der Waals surface area contributed by atoms with Gasteiger partial charge in [-0.2, -0.15) is 0 Å². The minimum absolute atomic E-state index is 0.395. The van der Waals surface area contributed by atoms with Crippen LogP contribution in [0.4, 0.5) is 0 Å². The molecule has 0 aliphatic carbocycles. The molecular formula is C14H6Br2Cl2N2. The second kappa shape index (κ2) is 5.60. The van der Waals surface area contributed by atoms with Crippen molar-refractivity contribution in [1.82, 2.24) is 9.97 Å². The Kier molecular flexibility index (Phi) is 4.00. The van der Waals surface area contributed by atoms with Crippen molar-refractivity contribution in [2.45, 2.75) is 0 Å². The molecule has 2 nitrogen and oxygen atoms in total. The minimum Gasteiger partial charge on any atom is -0.227 e. The Labute approximate surface area is 142 Å². The summed E-state index contributed by atoms with van der Waals surface area (Å²) in [6.45, 7) is 0. The summed E-state index contributed by atoms with van der Waals surface area (Å²) in [5, 5.41) is 1.77. The average Bonchev–Trinajstić information content (AvgIpc) is 2.40. The first-order valence-corrected chi connectivity index (χ1v) is 7.97. The van der Waals surface area contributed by atoms with Gasteiger partial charge >= 0.3 is 0 Å². The van der Waals surface area contributed by atoms with Crippen LogP contribution >= 0.6 is 55.1 Å². The zero-order chi connectivity index (χ0) is 14.3. The molecule has 0 saturated carbocycles. The highest BCUT2D eigenvalue weighted by molar-refractivity contribution is 9.11. The summed E-state index contributed by atoms with van der Waals surface area (Å²) in [6, 6.07) is 11.2. The van der Waals surface area contributed by atoms with Gasteiger partial charge in [0.25, 0.3) is 0 Å². The van der Waals surface area contributed by atoms with Gasteiger partial charge in [-0.05, 0) is 40.2 Å². The molecule has 2 aromatic carbocycles. The van der Waals surface area contributed by atoms with Crippen molar-refractivity contribution in [3.63, 3.8) is 0 Å². The van der Waals surface area contributed by atoms with Crippen molar-refractivity contribution >= 4 is 66.0 Å². The SMILES string of the molecule is Clc1ccccc1-c1nc(Cl)c2cc(Br)cc(Br)c2n1. The molecule has 0 spiro atoms. The largest absolute Gasteiger partial charge is 0.227 e. The normalized spacial score (nSPS) is 11.0. The molecule has 0 radical (unpaired) electrons. The summed E-state index contributed by atoms with van der Waals surface area (Å²) >= 11 is 19.4. The van der Waals surface area contributed by atoms with Crippen LogP contribution in [0.3, 0.4) is 0 Å². The van der Waals surface area contributed by atoms with E-state index in [0.29, 0.717) is 16.0 Å². The fraction of sp³-hybridized carbons (Fsp3) is 0. The highest BCUT2D eigenvalue weighted by atomic mass is 79.9.